The molecule has 4 aromatic rings. The molecule has 2 N–H and O–H groups in total. The zero-order valence-corrected chi connectivity index (χ0v) is 19.2. The second-order valence-corrected chi connectivity index (χ2v) is 8.45. The molecular weight excluding hydrogens is 434 g/mol. The second-order valence-electron chi connectivity index (χ2n) is 8.45. The van der Waals surface area contributed by atoms with Gasteiger partial charge >= 0.3 is 11.6 Å². The van der Waals surface area contributed by atoms with E-state index in [2.05, 4.69) is 5.32 Å². The summed E-state index contributed by atoms with van der Waals surface area (Å²) in [5.74, 6) is -1.46. The first-order valence-electron chi connectivity index (χ1n) is 11.4. The van der Waals surface area contributed by atoms with E-state index in [1.807, 2.05) is 50.2 Å². The summed E-state index contributed by atoms with van der Waals surface area (Å²) in [5.41, 5.74) is 3.64. The molecule has 0 saturated heterocycles. The smallest absolute Gasteiger partial charge is 0.339 e. The first-order valence-corrected chi connectivity index (χ1v) is 11.4. The third kappa shape index (κ3) is 4.73. The van der Waals surface area contributed by atoms with Crippen molar-refractivity contribution in [1.29, 1.82) is 0 Å². The number of aryl methyl sites for hydroxylation is 1. The minimum Gasteiger partial charge on any atom is -0.480 e. The van der Waals surface area contributed by atoms with E-state index in [0.29, 0.717) is 29.6 Å². The number of furan rings is 1. The van der Waals surface area contributed by atoms with Crippen LogP contribution in [0.15, 0.2) is 62.4 Å². The van der Waals surface area contributed by atoms with Crippen LogP contribution in [0.2, 0.25) is 0 Å². The van der Waals surface area contributed by atoms with Crippen LogP contribution in [-0.4, -0.2) is 23.0 Å². The van der Waals surface area contributed by atoms with Gasteiger partial charge in [0.2, 0.25) is 5.91 Å². The van der Waals surface area contributed by atoms with Crippen LogP contribution < -0.4 is 10.9 Å². The van der Waals surface area contributed by atoms with Gasteiger partial charge in [-0.2, -0.15) is 0 Å². The van der Waals surface area contributed by atoms with Crippen LogP contribution in [0.25, 0.3) is 33.1 Å². The lowest BCUT2D eigenvalue weighted by atomic mass is 9.99. The molecule has 1 amide bonds. The zero-order valence-electron chi connectivity index (χ0n) is 19.2. The summed E-state index contributed by atoms with van der Waals surface area (Å²) >= 11 is 0. The normalized spacial score (nSPS) is 12.2. The largest absolute Gasteiger partial charge is 0.480 e. The van der Waals surface area contributed by atoms with Crippen LogP contribution in [0.1, 0.15) is 43.7 Å². The Balaban J connectivity index is 1.62. The van der Waals surface area contributed by atoms with Gasteiger partial charge in [-0.1, -0.05) is 50.1 Å². The molecule has 0 saturated carbocycles. The Labute approximate surface area is 196 Å². The fourth-order valence-electron chi connectivity index (χ4n) is 4.21. The number of nitrogens with one attached hydrogen (secondary N) is 1. The number of benzene rings is 2. The quantitative estimate of drug-likeness (QED) is 0.331. The van der Waals surface area contributed by atoms with Crippen molar-refractivity contribution in [2.45, 2.75) is 52.0 Å². The van der Waals surface area contributed by atoms with Crippen molar-refractivity contribution in [3.05, 3.63) is 70.3 Å². The van der Waals surface area contributed by atoms with Crippen LogP contribution >= 0.6 is 0 Å². The highest BCUT2D eigenvalue weighted by Gasteiger charge is 2.20. The lowest BCUT2D eigenvalue weighted by molar-refractivity contribution is -0.142. The first kappa shape index (κ1) is 23.3. The van der Waals surface area contributed by atoms with Gasteiger partial charge in [0.05, 0.1) is 6.26 Å². The molecular formula is C27H27NO6. The molecule has 2 aromatic carbocycles. The maximum Gasteiger partial charge on any atom is 0.339 e. The van der Waals surface area contributed by atoms with Crippen molar-refractivity contribution in [2.75, 3.05) is 0 Å². The van der Waals surface area contributed by atoms with Gasteiger partial charge in [-0.05, 0) is 37.0 Å². The second kappa shape index (κ2) is 9.95. The van der Waals surface area contributed by atoms with E-state index in [0.717, 1.165) is 33.9 Å². The molecule has 176 valence electrons. The lowest BCUT2D eigenvalue weighted by Gasteiger charge is -2.14. The van der Waals surface area contributed by atoms with Crippen molar-refractivity contribution in [2.24, 2.45) is 0 Å². The SMILES string of the molecule is CCCCC(NC(=O)CCc1c(C)c2cc3c(-c4ccccc4)coc3cc2oc1=O)C(=O)O. The van der Waals surface area contributed by atoms with Gasteiger partial charge in [-0.15, -0.1) is 0 Å². The van der Waals surface area contributed by atoms with Gasteiger partial charge in [-0.25, -0.2) is 9.59 Å². The van der Waals surface area contributed by atoms with Gasteiger partial charge in [-0.3, -0.25) is 4.79 Å². The number of amides is 1. The number of unbranched alkanes of at least 4 members (excludes halogenated alkanes) is 1. The average Bonchev–Trinajstić information content (AvgIpc) is 3.23. The van der Waals surface area contributed by atoms with Crippen molar-refractivity contribution in [3.63, 3.8) is 0 Å². The number of carboxylic acids is 1. The van der Waals surface area contributed by atoms with Crippen LogP contribution in [-0.2, 0) is 16.0 Å². The number of carboxylic acid groups (broad SMARTS) is 1. The summed E-state index contributed by atoms with van der Waals surface area (Å²) in [4.78, 5) is 36.5. The molecule has 0 spiro atoms. The molecule has 0 aliphatic rings. The van der Waals surface area contributed by atoms with E-state index in [9.17, 15) is 19.5 Å². The van der Waals surface area contributed by atoms with E-state index in [4.69, 9.17) is 8.83 Å². The highest BCUT2D eigenvalue weighted by Crippen LogP contribution is 2.34. The molecule has 34 heavy (non-hydrogen) atoms. The van der Waals surface area contributed by atoms with Gasteiger partial charge in [0.15, 0.2) is 0 Å². The standard InChI is InChI=1S/C27H27NO6/c1-3-4-10-22(26(30)31)28-25(29)12-11-18-16(2)19-13-20-21(17-8-6-5-7-9-17)15-33-23(20)14-24(19)34-27(18)32/h5-9,13-15,22H,3-4,10-12H2,1-2H3,(H,28,29)(H,30,31). The lowest BCUT2D eigenvalue weighted by Crippen LogP contribution is -2.40. The summed E-state index contributed by atoms with van der Waals surface area (Å²) in [6, 6.07) is 12.6. The minimum absolute atomic E-state index is 0.00374. The summed E-state index contributed by atoms with van der Waals surface area (Å²) in [6.45, 7) is 3.80. The Morgan fingerprint density at radius 3 is 2.56 bits per heavy atom. The molecule has 0 aliphatic heterocycles. The number of hydrogen-bond donors (Lipinski definition) is 2. The molecule has 0 radical (unpaired) electrons. The maximum absolute atomic E-state index is 12.7. The van der Waals surface area contributed by atoms with Crippen molar-refractivity contribution in [1.82, 2.24) is 5.32 Å². The number of rotatable bonds is 9. The van der Waals surface area contributed by atoms with E-state index in [1.54, 1.807) is 12.3 Å². The molecule has 2 heterocycles. The van der Waals surface area contributed by atoms with E-state index < -0.39 is 23.5 Å². The molecule has 4 rings (SSSR count). The van der Waals surface area contributed by atoms with Crippen molar-refractivity contribution < 1.29 is 23.5 Å². The highest BCUT2D eigenvalue weighted by atomic mass is 16.4. The predicted octanol–water partition coefficient (Wildman–Crippen LogP) is 5.21. The number of carbonyl (C=O) groups is 2. The predicted molar refractivity (Wildman–Crippen MR) is 130 cm³/mol. The van der Waals surface area contributed by atoms with Gasteiger partial charge in [0, 0.05) is 34.4 Å². The van der Waals surface area contributed by atoms with Crippen LogP contribution in [0.4, 0.5) is 0 Å². The average molecular weight is 462 g/mol. The van der Waals surface area contributed by atoms with Crippen LogP contribution in [0.3, 0.4) is 0 Å². The van der Waals surface area contributed by atoms with Gasteiger partial charge < -0.3 is 19.3 Å². The Kier molecular flexibility index (Phi) is 6.82. The van der Waals surface area contributed by atoms with Gasteiger partial charge in [0.1, 0.15) is 17.2 Å². The summed E-state index contributed by atoms with van der Waals surface area (Å²) in [5, 5.41) is 13.6. The molecule has 1 unspecified atom stereocenters. The molecule has 7 heteroatoms. The van der Waals surface area contributed by atoms with E-state index in [-0.39, 0.29) is 12.8 Å². The Hall–Kier alpha value is -3.87. The van der Waals surface area contributed by atoms with E-state index >= 15 is 0 Å². The molecule has 0 fully saturated rings. The molecule has 0 aliphatic carbocycles. The number of aliphatic carboxylic acids is 1. The summed E-state index contributed by atoms with van der Waals surface area (Å²) in [7, 11) is 0. The molecule has 1 atom stereocenters. The highest BCUT2D eigenvalue weighted by molar-refractivity contribution is 6.02. The first-order chi connectivity index (χ1) is 16.4. The molecule has 7 nitrogen and oxygen atoms in total. The fourth-order valence-corrected chi connectivity index (χ4v) is 4.21. The third-order valence-corrected chi connectivity index (χ3v) is 6.15. The molecule has 0 bridgehead atoms. The molecule has 2 aromatic heterocycles. The monoisotopic (exact) mass is 461 g/mol. The number of carbonyl (C=O) groups excluding carboxylic acids is 1. The Bertz CT molecular complexity index is 1400. The van der Waals surface area contributed by atoms with Crippen LogP contribution in [0, 0.1) is 6.92 Å². The van der Waals surface area contributed by atoms with Crippen molar-refractivity contribution >= 4 is 33.8 Å². The Morgan fingerprint density at radius 2 is 1.85 bits per heavy atom. The summed E-state index contributed by atoms with van der Waals surface area (Å²) in [6.07, 6.45) is 3.76. The fraction of sp³-hybridized carbons (Fsp3) is 0.296. The van der Waals surface area contributed by atoms with Crippen molar-refractivity contribution in [3.8, 4) is 11.1 Å². The topological polar surface area (TPSA) is 110 Å². The van der Waals surface area contributed by atoms with Gasteiger partial charge in [0.25, 0.3) is 0 Å². The minimum atomic E-state index is -1.05. The maximum atomic E-state index is 12.7. The number of hydrogen-bond acceptors (Lipinski definition) is 5. The zero-order chi connectivity index (χ0) is 24.2. The number of fused-ring (bicyclic) bond motifs is 2. The van der Waals surface area contributed by atoms with E-state index in [1.165, 1.54) is 0 Å². The third-order valence-electron chi connectivity index (χ3n) is 6.15. The van der Waals surface area contributed by atoms with Crippen LogP contribution in [0.5, 0.6) is 0 Å². The Morgan fingerprint density at radius 1 is 1.09 bits per heavy atom. The summed E-state index contributed by atoms with van der Waals surface area (Å²) < 4.78 is 11.3.